The number of aliphatic hydroxyl groups excluding tert-OH is 3. The molecule has 2 aliphatic rings. The van der Waals surface area contributed by atoms with E-state index in [-0.39, 0.29) is 37.7 Å². The van der Waals surface area contributed by atoms with Crippen molar-refractivity contribution in [1.82, 2.24) is 0 Å². The lowest BCUT2D eigenvalue weighted by molar-refractivity contribution is -0.284. The number of ether oxygens (including phenoxy) is 8. The molecule has 9 unspecified atom stereocenters. The third kappa shape index (κ3) is 7.58. The first kappa shape index (κ1) is 26.9. The van der Waals surface area contributed by atoms with Crippen LogP contribution < -0.4 is 0 Å². The smallest absolute Gasteiger partial charge is 0.163 e. The Morgan fingerprint density at radius 2 is 1.58 bits per heavy atom. The van der Waals surface area contributed by atoms with E-state index in [1.165, 1.54) is 0 Å². The van der Waals surface area contributed by atoms with Crippen LogP contribution in [-0.2, 0) is 37.9 Å². The molecule has 12 heteroatoms. The topological polar surface area (TPSA) is 135 Å². The number of rotatable bonds is 14. The van der Waals surface area contributed by atoms with E-state index in [4.69, 9.17) is 37.9 Å². The molecule has 0 spiro atoms. The number of hydrogen-bond donors (Lipinski definition) is 3. The summed E-state index contributed by atoms with van der Waals surface area (Å²) in [6, 6.07) is -0.128. The van der Waals surface area contributed by atoms with Crippen molar-refractivity contribution < 1.29 is 53.2 Å². The van der Waals surface area contributed by atoms with Gasteiger partial charge in [0.25, 0.3) is 0 Å². The third-order valence-electron chi connectivity index (χ3n) is 5.56. The Morgan fingerprint density at radius 3 is 2.26 bits per heavy atom. The van der Waals surface area contributed by atoms with E-state index in [0.29, 0.717) is 26.4 Å². The van der Waals surface area contributed by atoms with Gasteiger partial charge in [0.15, 0.2) is 6.29 Å². The summed E-state index contributed by atoms with van der Waals surface area (Å²) in [5.41, 5.74) is 0. The Morgan fingerprint density at radius 1 is 0.871 bits per heavy atom. The largest absolute Gasteiger partial charge is 0.394 e. The molecule has 0 aromatic carbocycles. The van der Waals surface area contributed by atoms with Gasteiger partial charge in [0.05, 0.1) is 51.7 Å². The van der Waals surface area contributed by atoms with Crippen LogP contribution >= 0.6 is 0 Å². The fourth-order valence-electron chi connectivity index (χ4n) is 3.76. The Labute approximate surface area is 184 Å². The number of methoxy groups -OCH3 is 2. The molecule has 0 saturated carbocycles. The Kier molecular flexibility index (Phi) is 12.1. The molecular weight excluding hydrogens is 415 g/mol. The molecule has 0 radical (unpaired) electrons. The lowest BCUT2D eigenvalue weighted by Gasteiger charge is -2.40. The maximum absolute atomic E-state index is 10.0. The maximum Gasteiger partial charge on any atom is 0.163 e. The summed E-state index contributed by atoms with van der Waals surface area (Å²) in [5.74, 6) is -0.431. The second kappa shape index (κ2) is 14.0. The van der Waals surface area contributed by atoms with Crippen LogP contribution in [-0.4, -0.2) is 133 Å². The van der Waals surface area contributed by atoms with E-state index in [9.17, 15) is 15.3 Å². The predicted octanol–water partition coefficient (Wildman–Crippen LogP) is -2.53. The molecule has 0 aliphatic carbocycles. The van der Waals surface area contributed by atoms with Crippen LogP contribution in [0.5, 0.6) is 0 Å². The zero-order chi connectivity index (χ0) is 22.8. The molecule has 2 fully saturated rings. The predicted molar refractivity (Wildman–Crippen MR) is 109 cm³/mol. The SMILES string of the molecule is BC1OC(COC)C(OC)C1OCOCCOCCOC1OC(CO)C(O)C(O)C1C. The highest BCUT2D eigenvalue weighted by Gasteiger charge is 2.43. The Bertz CT molecular complexity index is 486. The molecule has 182 valence electrons. The van der Waals surface area contributed by atoms with Gasteiger partial charge in [0.2, 0.25) is 0 Å². The molecule has 9 atom stereocenters. The van der Waals surface area contributed by atoms with Crippen molar-refractivity contribution in [3.05, 3.63) is 0 Å². The molecule has 0 amide bonds. The molecule has 2 saturated heterocycles. The minimum absolute atomic E-state index is 0.0913. The van der Waals surface area contributed by atoms with Gasteiger partial charge in [0.1, 0.15) is 45.2 Å². The van der Waals surface area contributed by atoms with Gasteiger partial charge in [0, 0.05) is 20.1 Å². The van der Waals surface area contributed by atoms with Gasteiger partial charge in [-0.15, -0.1) is 0 Å². The van der Waals surface area contributed by atoms with Crippen LogP contribution in [0.15, 0.2) is 0 Å². The summed E-state index contributed by atoms with van der Waals surface area (Å²) in [7, 11) is 5.16. The highest BCUT2D eigenvalue weighted by molar-refractivity contribution is 6.11. The molecule has 0 aromatic rings. The van der Waals surface area contributed by atoms with Gasteiger partial charge in [-0.1, -0.05) is 6.92 Å². The molecule has 0 bridgehead atoms. The van der Waals surface area contributed by atoms with Crippen LogP contribution in [0.2, 0.25) is 0 Å². The monoisotopic (exact) mass is 452 g/mol. The zero-order valence-electron chi connectivity index (χ0n) is 18.8. The van der Waals surface area contributed by atoms with E-state index in [1.54, 1.807) is 21.1 Å². The van der Waals surface area contributed by atoms with Crippen molar-refractivity contribution in [1.29, 1.82) is 0 Å². The summed E-state index contributed by atoms with van der Waals surface area (Å²) in [6.07, 6.45) is -4.41. The second-order valence-electron chi connectivity index (χ2n) is 7.74. The van der Waals surface area contributed by atoms with Crippen LogP contribution in [0.1, 0.15) is 6.92 Å². The molecule has 2 aliphatic heterocycles. The Hall–Kier alpha value is -0.375. The van der Waals surface area contributed by atoms with Crippen molar-refractivity contribution in [2.75, 3.05) is 60.7 Å². The van der Waals surface area contributed by atoms with Crippen molar-refractivity contribution >= 4 is 7.85 Å². The first-order chi connectivity index (χ1) is 14.9. The number of aliphatic hydroxyl groups is 3. The fraction of sp³-hybridized carbons (Fsp3) is 1.00. The molecule has 2 heterocycles. The van der Waals surface area contributed by atoms with E-state index < -0.39 is 37.1 Å². The van der Waals surface area contributed by atoms with Crippen LogP contribution in [0.3, 0.4) is 0 Å². The van der Waals surface area contributed by atoms with Crippen molar-refractivity contribution in [2.24, 2.45) is 5.92 Å². The summed E-state index contributed by atoms with van der Waals surface area (Å²) >= 11 is 0. The van der Waals surface area contributed by atoms with Crippen LogP contribution in [0, 0.1) is 5.92 Å². The van der Waals surface area contributed by atoms with Gasteiger partial charge < -0.3 is 53.2 Å². The summed E-state index contributed by atoms with van der Waals surface area (Å²) in [4.78, 5) is 0. The van der Waals surface area contributed by atoms with E-state index in [2.05, 4.69) is 0 Å². The molecule has 2 rings (SSSR count). The summed E-state index contributed by atoms with van der Waals surface area (Å²) in [5, 5.41) is 29.1. The van der Waals surface area contributed by atoms with Crippen molar-refractivity contribution in [3.63, 3.8) is 0 Å². The maximum atomic E-state index is 10.0. The fourth-order valence-corrected chi connectivity index (χ4v) is 3.76. The van der Waals surface area contributed by atoms with Gasteiger partial charge >= 0.3 is 0 Å². The first-order valence-corrected chi connectivity index (χ1v) is 10.6. The molecule has 0 aromatic heterocycles. The molecule has 11 nitrogen and oxygen atoms in total. The third-order valence-corrected chi connectivity index (χ3v) is 5.56. The minimum atomic E-state index is -1.14. The van der Waals surface area contributed by atoms with E-state index in [1.807, 2.05) is 7.85 Å². The average Bonchev–Trinajstić information content (AvgIpc) is 3.06. The van der Waals surface area contributed by atoms with Gasteiger partial charge in [-0.05, 0) is 0 Å². The first-order valence-electron chi connectivity index (χ1n) is 10.6. The van der Waals surface area contributed by atoms with E-state index in [0.717, 1.165) is 0 Å². The number of hydrogen-bond acceptors (Lipinski definition) is 11. The molecular formula is C19H37BO11. The van der Waals surface area contributed by atoms with E-state index >= 15 is 0 Å². The van der Waals surface area contributed by atoms with Gasteiger partial charge in [-0.3, -0.25) is 0 Å². The summed E-state index contributed by atoms with van der Waals surface area (Å²) < 4.78 is 44.2. The molecule has 31 heavy (non-hydrogen) atoms. The second-order valence-corrected chi connectivity index (χ2v) is 7.74. The lowest BCUT2D eigenvalue weighted by Crippen LogP contribution is -2.55. The van der Waals surface area contributed by atoms with Gasteiger partial charge in [-0.25, -0.2) is 0 Å². The van der Waals surface area contributed by atoms with Crippen LogP contribution in [0.4, 0.5) is 0 Å². The standard InChI is InChI=1S/C19H37BO11/c1-11-14(22)15(23)12(8-21)31-19(11)28-7-6-26-4-5-27-10-29-17-16(25-3)13(9-24-2)30-18(17)20/h11-19,21-23H,4-10,20H2,1-3H3. The minimum Gasteiger partial charge on any atom is -0.394 e. The quantitative estimate of drug-likeness (QED) is 0.146. The van der Waals surface area contributed by atoms with Crippen molar-refractivity contribution in [2.45, 2.75) is 55.8 Å². The van der Waals surface area contributed by atoms with Crippen LogP contribution in [0.25, 0.3) is 0 Å². The van der Waals surface area contributed by atoms with Gasteiger partial charge in [-0.2, -0.15) is 0 Å². The zero-order valence-corrected chi connectivity index (χ0v) is 18.8. The highest BCUT2D eigenvalue weighted by atomic mass is 16.7. The van der Waals surface area contributed by atoms with Crippen molar-refractivity contribution in [3.8, 4) is 0 Å². The highest BCUT2D eigenvalue weighted by Crippen LogP contribution is 2.27. The average molecular weight is 452 g/mol. The summed E-state index contributed by atoms with van der Waals surface area (Å²) in [6.45, 7) is 3.07. The Balaban J connectivity index is 1.53. The normalized spacial score (nSPS) is 38.6. The molecule has 3 N–H and O–H groups in total. The lowest BCUT2D eigenvalue weighted by atomic mass is 9.92.